The smallest absolute Gasteiger partial charge is 0.214 e. The fourth-order valence-corrected chi connectivity index (χ4v) is 3.54. The third kappa shape index (κ3) is 5.65. The lowest BCUT2D eigenvalue weighted by atomic mass is 10.3. The maximum Gasteiger partial charge on any atom is 0.214 e. The highest BCUT2D eigenvalue weighted by Gasteiger charge is 2.24. The second-order valence-corrected chi connectivity index (χ2v) is 7.42. The number of nitrogens with zero attached hydrogens (tertiary/aromatic N) is 2. The molecule has 0 aromatic carbocycles. The van der Waals surface area contributed by atoms with Crippen LogP contribution in [0.3, 0.4) is 0 Å². The second-order valence-electron chi connectivity index (χ2n) is 5.33. The van der Waals surface area contributed by atoms with Crippen LogP contribution in [0.15, 0.2) is 0 Å². The highest BCUT2D eigenvalue weighted by atomic mass is 32.2. The first-order chi connectivity index (χ1) is 8.42. The van der Waals surface area contributed by atoms with E-state index in [0.29, 0.717) is 19.1 Å². The summed E-state index contributed by atoms with van der Waals surface area (Å²) in [7, 11) is -0.999. The van der Waals surface area contributed by atoms with Crippen LogP contribution in [0, 0.1) is 0 Å². The number of rotatable bonds is 7. The number of likely N-dealkylation sites (N-methyl/N-ethyl adjacent to an activating group) is 1. The van der Waals surface area contributed by atoms with Gasteiger partial charge >= 0.3 is 0 Å². The van der Waals surface area contributed by atoms with Gasteiger partial charge in [0.05, 0.1) is 5.75 Å². The average Bonchev–Trinajstić information content (AvgIpc) is 2.28. The number of hydrogen-bond acceptors (Lipinski definition) is 4. The van der Waals surface area contributed by atoms with Gasteiger partial charge in [-0.2, -0.15) is 4.31 Å². The molecule has 0 aromatic heterocycles. The van der Waals surface area contributed by atoms with Crippen LogP contribution in [0.5, 0.6) is 0 Å². The largest absolute Gasteiger partial charge is 0.315 e. The van der Waals surface area contributed by atoms with Crippen molar-refractivity contribution in [2.24, 2.45) is 0 Å². The van der Waals surface area contributed by atoms with Crippen molar-refractivity contribution >= 4 is 10.0 Å². The summed E-state index contributed by atoms with van der Waals surface area (Å²) in [6.07, 6.45) is 1.67. The molecular weight excluding hydrogens is 250 g/mol. The van der Waals surface area contributed by atoms with Crippen LogP contribution in [0.25, 0.3) is 0 Å². The maximum atomic E-state index is 12.1. The van der Waals surface area contributed by atoms with Crippen LogP contribution in [-0.4, -0.2) is 69.2 Å². The van der Waals surface area contributed by atoms with Crippen LogP contribution >= 0.6 is 0 Å². The molecule has 0 bridgehead atoms. The number of hydrogen-bond donors (Lipinski definition) is 1. The molecule has 18 heavy (non-hydrogen) atoms. The van der Waals surface area contributed by atoms with E-state index in [1.807, 2.05) is 7.05 Å². The molecular formula is C12H27N3O2S. The Morgan fingerprint density at radius 1 is 1.11 bits per heavy atom. The first-order valence-corrected chi connectivity index (χ1v) is 8.42. The standard InChI is InChI=1S/C12H27N3O2S/c1-12(2)13-6-4-5-11-18(16,17)15-9-7-14(3)8-10-15/h12-13H,4-11H2,1-3H3. The van der Waals surface area contributed by atoms with Gasteiger partial charge in [0.2, 0.25) is 10.0 Å². The van der Waals surface area contributed by atoms with Gasteiger partial charge in [0, 0.05) is 32.2 Å². The highest BCUT2D eigenvalue weighted by molar-refractivity contribution is 7.89. The molecule has 5 nitrogen and oxygen atoms in total. The van der Waals surface area contributed by atoms with Gasteiger partial charge in [-0.3, -0.25) is 0 Å². The monoisotopic (exact) mass is 277 g/mol. The minimum Gasteiger partial charge on any atom is -0.315 e. The van der Waals surface area contributed by atoms with Gasteiger partial charge in [0.1, 0.15) is 0 Å². The molecule has 0 unspecified atom stereocenters. The van der Waals surface area contributed by atoms with Crippen molar-refractivity contribution in [3.05, 3.63) is 0 Å². The van der Waals surface area contributed by atoms with Gasteiger partial charge < -0.3 is 10.2 Å². The molecule has 0 atom stereocenters. The Balaban J connectivity index is 2.23. The zero-order valence-electron chi connectivity index (χ0n) is 11.9. The average molecular weight is 277 g/mol. The van der Waals surface area contributed by atoms with E-state index in [0.717, 1.165) is 32.5 Å². The third-order valence-electron chi connectivity index (χ3n) is 3.24. The Kier molecular flexibility index (Phi) is 6.55. The Morgan fingerprint density at radius 2 is 1.72 bits per heavy atom. The van der Waals surface area contributed by atoms with Crippen molar-refractivity contribution in [1.29, 1.82) is 0 Å². The minimum atomic E-state index is -3.03. The Labute approximate surface area is 112 Å². The van der Waals surface area contributed by atoms with Crippen molar-refractivity contribution in [1.82, 2.24) is 14.5 Å². The molecule has 0 aromatic rings. The van der Waals surface area contributed by atoms with E-state index in [-0.39, 0.29) is 5.75 Å². The molecule has 1 saturated heterocycles. The van der Waals surface area contributed by atoms with Crippen LogP contribution in [0.2, 0.25) is 0 Å². The fourth-order valence-electron chi connectivity index (χ4n) is 2.00. The van der Waals surface area contributed by atoms with Crippen LogP contribution < -0.4 is 5.32 Å². The summed E-state index contributed by atoms with van der Waals surface area (Å²) in [5.41, 5.74) is 0. The molecule has 1 fully saturated rings. The fraction of sp³-hybridized carbons (Fsp3) is 1.00. The molecule has 1 aliphatic heterocycles. The molecule has 0 amide bonds. The van der Waals surface area contributed by atoms with Crippen molar-refractivity contribution in [2.75, 3.05) is 45.5 Å². The molecule has 6 heteroatoms. The zero-order valence-corrected chi connectivity index (χ0v) is 12.7. The molecule has 0 radical (unpaired) electrons. The maximum absolute atomic E-state index is 12.1. The van der Waals surface area contributed by atoms with Crippen LogP contribution in [0.4, 0.5) is 0 Å². The molecule has 1 aliphatic rings. The van der Waals surface area contributed by atoms with E-state index in [1.165, 1.54) is 0 Å². The molecule has 1 heterocycles. The number of unbranched alkanes of at least 4 members (excludes halogenated alkanes) is 1. The van der Waals surface area contributed by atoms with Gasteiger partial charge in [-0.05, 0) is 26.4 Å². The van der Waals surface area contributed by atoms with E-state index in [2.05, 4.69) is 24.1 Å². The number of nitrogens with one attached hydrogen (secondary N) is 1. The zero-order chi connectivity index (χ0) is 13.6. The summed E-state index contributed by atoms with van der Waals surface area (Å²) in [6.45, 7) is 8.06. The number of sulfonamides is 1. The summed E-state index contributed by atoms with van der Waals surface area (Å²) in [5, 5.41) is 3.30. The van der Waals surface area contributed by atoms with E-state index in [9.17, 15) is 8.42 Å². The minimum absolute atomic E-state index is 0.288. The number of piperazine rings is 1. The topological polar surface area (TPSA) is 52.7 Å². The quantitative estimate of drug-likeness (QED) is 0.682. The van der Waals surface area contributed by atoms with Crippen LogP contribution in [0.1, 0.15) is 26.7 Å². The summed E-state index contributed by atoms with van der Waals surface area (Å²) in [6, 6.07) is 0.472. The Bertz CT molecular complexity index is 322. The first kappa shape index (κ1) is 15.9. The summed E-state index contributed by atoms with van der Waals surface area (Å²) >= 11 is 0. The molecule has 1 rings (SSSR count). The van der Waals surface area contributed by atoms with E-state index < -0.39 is 10.0 Å². The third-order valence-corrected chi connectivity index (χ3v) is 5.19. The summed E-state index contributed by atoms with van der Waals surface area (Å²) < 4.78 is 25.8. The van der Waals surface area contributed by atoms with Crippen molar-refractivity contribution in [3.63, 3.8) is 0 Å². The predicted molar refractivity (Wildman–Crippen MR) is 75.2 cm³/mol. The van der Waals surface area contributed by atoms with Gasteiger partial charge in [-0.25, -0.2) is 8.42 Å². The molecule has 1 N–H and O–H groups in total. The summed E-state index contributed by atoms with van der Waals surface area (Å²) in [4.78, 5) is 2.17. The normalized spacial score (nSPS) is 19.6. The van der Waals surface area contributed by atoms with Crippen molar-refractivity contribution < 1.29 is 8.42 Å². The first-order valence-electron chi connectivity index (χ1n) is 6.81. The van der Waals surface area contributed by atoms with Gasteiger partial charge in [0.25, 0.3) is 0 Å². The van der Waals surface area contributed by atoms with Crippen LogP contribution in [-0.2, 0) is 10.0 Å². The van der Waals surface area contributed by atoms with Crippen molar-refractivity contribution in [3.8, 4) is 0 Å². The SMILES string of the molecule is CC(C)NCCCCS(=O)(=O)N1CCN(C)CC1. The van der Waals surface area contributed by atoms with E-state index in [4.69, 9.17) is 0 Å². The van der Waals surface area contributed by atoms with Gasteiger partial charge in [-0.1, -0.05) is 13.8 Å². The molecule has 108 valence electrons. The molecule has 0 saturated carbocycles. The second kappa shape index (κ2) is 7.43. The molecule has 0 aliphatic carbocycles. The Morgan fingerprint density at radius 3 is 2.28 bits per heavy atom. The van der Waals surface area contributed by atoms with E-state index >= 15 is 0 Å². The van der Waals surface area contributed by atoms with Gasteiger partial charge in [0.15, 0.2) is 0 Å². The lowest BCUT2D eigenvalue weighted by Gasteiger charge is -2.31. The lowest BCUT2D eigenvalue weighted by Crippen LogP contribution is -2.47. The molecule has 0 spiro atoms. The lowest BCUT2D eigenvalue weighted by molar-refractivity contribution is 0.222. The highest BCUT2D eigenvalue weighted by Crippen LogP contribution is 2.08. The van der Waals surface area contributed by atoms with Gasteiger partial charge in [-0.15, -0.1) is 0 Å². The Hall–Kier alpha value is -0.170. The predicted octanol–water partition coefficient (Wildman–Crippen LogP) is 0.342. The summed E-state index contributed by atoms with van der Waals surface area (Å²) in [5.74, 6) is 0.288. The van der Waals surface area contributed by atoms with Crippen molar-refractivity contribution in [2.45, 2.75) is 32.7 Å². The van der Waals surface area contributed by atoms with E-state index in [1.54, 1.807) is 4.31 Å².